The number of guanidine groups is 1. The van der Waals surface area contributed by atoms with E-state index in [1.165, 1.54) is 0 Å². The van der Waals surface area contributed by atoms with Crippen LogP contribution in [-0.2, 0) is 9.47 Å². The highest BCUT2D eigenvalue weighted by atomic mass is 16.5. The van der Waals surface area contributed by atoms with Gasteiger partial charge in [-0.3, -0.25) is 5.43 Å². The zero-order valence-corrected chi connectivity index (χ0v) is 9.75. The van der Waals surface area contributed by atoms with Gasteiger partial charge in [-0.05, 0) is 13.8 Å². The minimum absolute atomic E-state index is 0.232. The number of ether oxygens (including phenoxy) is 2. The van der Waals surface area contributed by atoms with Crippen LogP contribution in [0.4, 0.5) is 0 Å². The first-order valence-electron chi connectivity index (χ1n) is 5.06. The van der Waals surface area contributed by atoms with Gasteiger partial charge >= 0.3 is 0 Å². The van der Waals surface area contributed by atoms with E-state index in [2.05, 4.69) is 15.7 Å². The molecular formula is C9H22N4O2. The Labute approximate surface area is 91.2 Å². The molecule has 0 aromatic heterocycles. The van der Waals surface area contributed by atoms with Gasteiger partial charge in [-0.2, -0.15) is 0 Å². The number of methoxy groups -OCH3 is 1. The first kappa shape index (κ1) is 14.2. The molecule has 0 aliphatic rings. The average molecular weight is 218 g/mol. The fraction of sp³-hybridized carbons (Fsp3) is 0.889. The van der Waals surface area contributed by atoms with Crippen molar-refractivity contribution >= 4 is 5.96 Å². The van der Waals surface area contributed by atoms with Crippen LogP contribution in [0.15, 0.2) is 4.99 Å². The molecule has 0 saturated carbocycles. The summed E-state index contributed by atoms with van der Waals surface area (Å²) in [6.45, 7) is 6.44. The Balaban J connectivity index is 3.59. The van der Waals surface area contributed by atoms with Gasteiger partial charge in [0.1, 0.15) is 0 Å². The molecule has 0 fully saturated rings. The molecule has 0 atom stereocenters. The Bertz CT molecular complexity index is 173. The summed E-state index contributed by atoms with van der Waals surface area (Å²) in [5.41, 5.74) is 2.48. The third-order valence-corrected chi connectivity index (χ3v) is 1.55. The number of nitrogens with one attached hydrogen (secondary N) is 2. The monoisotopic (exact) mass is 218 g/mol. The molecule has 4 N–H and O–H groups in total. The van der Waals surface area contributed by atoms with E-state index in [0.29, 0.717) is 32.3 Å². The highest BCUT2D eigenvalue weighted by Gasteiger charge is 1.95. The van der Waals surface area contributed by atoms with Crippen LogP contribution in [0.2, 0.25) is 0 Å². The Kier molecular flexibility index (Phi) is 9.15. The van der Waals surface area contributed by atoms with E-state index in [1.807, 2.05) is 13.8 Å². The molecule has 0 heterocycles. The molecule has 0 bridgehead atoms. The molecule has 0 aromatic carbocycles. The van der Waals surface area contributed by atoms with Gasteiger partial charge in [-0.25, -0.2) is 10.8 Å². The second-order valence-corrected chi connectivity index (χ2v) is 3.21. The van der Waals surface area contributed by atoms with Gasteiger partial charge in [0.2, 0.25) is 5.96 Å². The van der Waals surface area contributed by atoms with Crippen molar-refractivity contribution < 1.29 is 9.47 Å². The molecule has 0 aromatic rings. The van der Waals surface area contributed by atoms with E-state index >= 15 is 0 Å². The molecular weight excluding hydrogens is 196 g/mol. The van der Waals surface area contributed by atoms with Gasteiger partial charge in [0, 0.05) is 13.7 Å². The maximum Gasteiger partial charge on any atom is 0.205 e. The lowest BCUT2D eigenvalue weighted by Crippen LogP contribution is -2.43. The molecule has 0 saturated heterocycles. The van der Waals surface area contributed by atoms with Gasteiger partial charge in [0.05, 0.1) is 25.9 Å². The molecule has 0 amide bonds. The van der Waals surface area contributed by atoms with Crippen LogP contribution in [0.3, 0.4) is 0 Å². The molecule has 0 rings (SSSR count). The van der Waals surface area contributed by atoms with Crippen molar-refractivity contribution in [1.29, 1.82) is 0 Å². The maximum absolute atomic E-state index is 5.33. The van der Waals surface area contributed by atoms with Crippen molar-refractivity contribution in [3.63, 3.8) is 0 Å². The van der Waals surface area contributed by atoms with Crippen LogP contribution >= 0.6 is 0 Å². The minimum Gasteiger partial charge on any atom is -0.383 e. The molecule has 0 spiro atoms. The quantitative estimate of drug-likeness (QED) is 0.176. The maximum atomic E-state index is 5.33. The third-order valence-electron chi connectivity index (χ3n) is 1.55. The lowest BCUT2D eigenvalue weighted by Gasteiger charge is -2.09. The highest BCUT2D eigenvalue weighted by molar-refractivity contribution is 5.79. The fourth-order valence-electron chi connectivity index (χ4n) is 0.870. The summed E-state index contributed by atoms with van der Waals surface area (Å²) in [5.74, 6) is 5.83. The van der Waals surface area contributed by atoms with Crippen molar-refractivity contribution in [2.45, 2.75) is 20.0 Å². The Morgan fingerprint density at radius 1 is 1.40 bits per heavy atom. The van der Waals surface area contributed by atoms with Crippen LogP contribution in [0, 0.1) is 0 Å². The SMILES string of the molecule is COCCNC(=NCCOC(C)C)NN. The number of aliphatic imine (C=N–C) groups is 1. The Morgan fingerprint density at radius 2 is 2.13 bits per heavy atom. The largest absolute Gasteiger partial charge is 0.383 e. The van der Waals surface area contributed by atoms with Gasteiger partial charge in [-0.1, -0.05) is 0 Å². The number of nitrogens with zero attached hydrogens (tertiary/aromatic N) is 1. The molecule has 0 unspecified atom stereocenters. The first-order chi connectivity index (χ1) is 7.20. The predicted molar refractivity (Wildman–Crippen MR) is 60.6 cm³/mol. The summed E-state index contributed by atoms with van der Waals surface area (Å²) in [4.78, 5) is 4.17. The van der Waals surface area contributed by atoms with Gasteiger partial charge < -0.3 is 14.8 Å². The number of hydrogen-bond donors (Lipinski definition) is 3. The third kappa shape index (κ3) is 9.45. The lowest BCUT2D eigenvalue weighted by molar-refractivity contribution is 0.0853. The van der Waals surface area contributed by atoms with Gasteiger partial charge in [0.15, 0.2) is 0 Å². The van der Waals surface area contributed by atoms with Crippen LogP contribution in [0.1, 0.15) is 13.8 Å². The van der Waals surface area contributed by atoms with Crippen molar-refractivity contribution in [2.75, 3.05) is 33.4 Å². The molecule has 0 radical (unpaired) electrons. The second kappa shape index (κ2) is 9.70. The summed E-state index contributed by atoms with van der Waals surface area (Å²) < 4.78 is 10.2. The topological polar surface area (TPSA) is 80.9 Å². The smallest absolute Gasteiger partial charge is 0.205 e. The molecule has 0 aliphatic heterocycles. The molecule has 90 valence electrons. The first-order valence-corrected chi connectivity index (χ1v) is 5.06. The minimum atomic E-state index is 0.232. The number of nitrogens with two attached hydrogens (primary N) is 1. The summed E-state index contributed by atoms with van der Waals surface area (Å²) in [7, 11) is 1.64. The van der Waals surface area contributed by atoms with E-state index in [-0.39, 0.29) is 6.10 Å². The summed E-state index contributed by atoms with van der Waals surface area (Å²) in [5, 5.41) is 2.99. The van der Waals surface area contributed by atoms with Crippen LogP contribution in [0.5, 0.6) is 0 Å². The van der Waals surface area contributed by atoms with Crippen molar-refractivity contribution in [3.05, 3.63) is 0 Å². The predicted octanol–water partition coefficient (Wildman–Crippen LogP) is -0.533. The fourth-order valence-corrected chi connectivity index (χ4v) is 0.870. The standard InChI is InChI=1S/C9H22N4O2/c1-8(2)15-7-5-12-9(13-10)11-4-6-14-3/h8H,4-7,10H2,1-3H3,(H2,11,12,13). The summed E-state index contributed by atoms with van der Waals surface area (Å²) >= 11 is 0. The zero-order valence-electron chi connectivity index (χ0n) is 9.75. The van der Waals surface area contributed by atoms with E-state index < -0.39 is 0 Å². The number of rotatable bonds is 7. The Hall–Kier alpha value is -0.850. The van der Waals surface area contributed by atoms with Crippen molar-refractivity contribution in [3.8, 4) is 0 Å². The molecule has 0 aliphatic carbocycles. The molecule has 6 nitrogen and oxygen atoms in total. The van der Waals surface area contributed by atoms with E-state index in [0.717, 1.165) is 0 Å². The van der Waals surface area contributed by atoms with Gasteiger partial charge in [-0.15, -0.1) is 0 Å². The van der Waals surface area contributed by atoms with Gasteiger partial charge in [0.25, 0.3) is 0 Å². The molecule has 15 heavy (non-hydrogen) atoms. The second-order valence-electron chi connectivity index (χ2n) is 3.21. The van der Waals surface area contributed by atoms with E-state index in [4.69, 9.17) is 15.3 Å². The summed E-state index contributed by atoms with van der Waals surface area (Å²) in [6, 6.07) is 0. The average Bonchev–Trinajstić information content (AvgIpc) is 2.21. The van der Waals surface area contributed by atoms with E-state index in [9.17, 15) is 0 Å². The number of hydrogen-bond acceptors (Lipinski definition) is 4. The summed E-state index contributed by atoms with van der Waals surface area (Å²) in [6.07, 6.45) is 0.232. The number of hydrazine groups is 1. The van der Waals surface area contributed by atoms with Crippen LogP contribution < -0.4 is 16.6 Å². The lowest BCUT2D eigenvalue weighted by atomic mass is 10.5. The van der Waals surface area contributed by atoms with Crippen LogP contribution in [0.25, 0.3) is 0 Å². The Morgan fingerprint density at radius 3 is 2.67 bits per heavy atom. The zero-order chi connectivity index (χ0) is 11.5. The normalized spacial score (nSPS) is 11.9. The van der Waals surface area contributed by atoms with Crippen molar-refractivity contribution in [1.82, 2.24) is 10.7 Å². The highest BCUT2D eigenvalue weighted by Crippen LogP contribution is 1.86. The van der Waals surface area contributed by atoms with Crippen molar-refractivity contribution in [2.24, 2.45) is 10.8 Å². The molecule has 6 heteroatoms. The van der Waals surface area contributed by atoms with Crippen LogP contribution in [-0.4, -0.2) is 45.5 Å². The van der Waals surface area contributed by atoms with E-state index in [1.54, 1.807) is 7.11 Å².